The molecular formula is C19H17N2O2+. The predicted octanol–water partition coefficient (Wildman–Crippen LogP) is 3.51. The molecule has 0 bridgehead atoms. The van der Waals surface area contributed by atoms with E-state index in [4.69, 9.17) is 8.83 Å². The Bertz CT molecular complexity index is 1100. The molecule has 0 atom stereocenters. The first kappa shape index (κ1) is 13.8. The van der Waals surface area contributed by atoms with E-state index in [-0.39, 0.29) is 5.75 Å². The van der Waals surface area contributed by atoms with Gasteiger partial charge in [-0.25, -0.2) is 4.99 Å². The summed E-state index contributed by atoms with van der Waals surface area (Å²) in [6, 6.07) is 14.6. The molecule has 0 radical (unpaired) electrons. The molecule has 0 aliphatic rings. The van der Waals surface area contributed by atoms with Gasteiger partial charge >= 0.3 is 5.75 Å². The lowest BCUT2D eigenvalue weighted by molar-refractivity contribution is -0.659. The second-order valence-electron chi connectivity index (χ2n) is 5.62. The van der Waals surface area contributed by atoms with E-state index in [1.165, 1.54) is 16.3 Å². The summed E-state index contributed by atoms with van der Waals surface area (Å²) in [7, 11) is 3.66. The summed E-state index contributed by atoms with van der Waals surface area (Å²) < 4.78 is 13.5. The van der Waals surface area contributed by atoms with E-state index in [0.29, 0.717) is 11.2 Å². The number of aromatic nitrogens is 1. The summed E-state index contributed by atoms with van der Waals surface area (Å²) in [6.07, 6.45) is 1.98. The van der Waals surface area contributed by atoms with Gasteiger partial charge in [-0.05, 0) is 29.3 Å². The Morgan fingerprint density at radius 1 is 1.00 bits per heavy atom. The lowest BCUT2D eigenvalue weighted by Gasteiger charge is -2.08. The van der Waals surface area contributed by atoms with Crippen molar-refractivity contribution in [2.45, 2.75) is 6.92 Å². The van der Waals surface area contributed by atoms with Gasteiger partial charge in [0.15, 0.2) is 11.8 Å². The summed E-state index contributed by atoms with van der Waals surface area (Å²) in [5.41, 5.74) is 4.76. The first-order chi connectivity index (χ1) is 11.2. The highest BCUT2D eigenvalue weighted by molar-refractivity contribution is 5.94. The normalized spacial score (nSPS) is 12.4. The standard InChI is InChI=1S/C19H17N2O2/c1-12-14-7-5-4-6-13(14)8-9-15(12)17-18-16(10-11-21(17)3)22-19(20-2)23-18/h4-11H,1-3H3/q+1/b20-19-. The van der Waals surface area contributed by atoms with E-state index < -0.39 is 0 Å². The molecule has 114 valence electrons. The molecule has 0 unspecified atom stereocenters. The fraction of sp³-hybridized carbons (Fsp3) is 0.158. The molecule has 0 spiro atoms. The molecule has 4 heteroatoms. The maximum absolute atomic E-state index is 5.80. The van der Waals surface area contributed by atoms with Gasteiger partial charge in [-0.3, -0.25) is 0 Å². The van der Waals surface area contributed by atoms with E-state index >= 15 is 0 Å². The summed E-state index contributed by atoms with van der Waals surface area (Å²) in [4.78, 5) is 4.00. The monoisotopic (exact) mass is 305 g/mol. The molecule has 4 nitrogen and oxygen atoms in total. The van der Waals surface area contributed by atoms with Crippen molar-refractivity contribution in [1.82, 2.24) is 0 Å². The average molecular weight is 305 g/mol. The van der Waals surface area contributed by atoms with Crippen LogP contribution in [0.2, 0.25) is 0 Å². The quantitative estimate of drug-likeness (QED) is 0.505. The Balaban J connectivity index is 2.12. The SMILES string of the molecule is C/N=c1/oc2cc[n+](C)c(-c3ccc4ccccc4c3C)c2o1. The molecule has 0 aliphatic heterocycles. The lowest BCUT2D eigenvalue weighted by Crippen LogP contribution is -2.30. The molecular weight excluding hydrogens is 288 g/mol. The third-order valence-corrected chi connectivity index (χ3v) is 4.26. The van der Waals surface area contributed by atoms with Crippen LogP contribution < -0.4 is 10.3 Å². The molecule has 0 aliphatic carbocycles. The number of nitrogens with zero attached hydrogens (tertiary/aromatic N) is 2. The van der Waals surface area contributed by atoms with Crippen molar-refractivity contribution in [2.75, 3.05) is 7.05 Å². The van der Waals surface area contributed by atoms with Crippen LogP contribution in [0.3, 0.4) is 0 Å². The van der Waals surface area contributed by atoms with Crippen LogP contribution in [0.15, 0.2) is 62.5 Å². The van der Waals surface area contributed by atoms with E-state index in [1.54, 1.807) is 7.05 Å². The van der Waals surface area contributed by atoms with Crippen molar-refractivity contribution in [3.63, 3.8) is 0 Å². The van der Waals surface area contributed by atoms with Crippen LogP contribution in [0.5, 0.6) is 0 Å². The van der Waals surface area contributed by atoms with Gasteiger partial charge in [0.25, 0.3) is 5.69 Å². The molecule has 4 rings (SSSR count). The van der Waals surface area contributed by atoms with Crippen molar-refractivity contribution in [3.05, 3.63) is 60.0 Å². The van der Waals surface area contributed by atoms with Gasteiger partial charge in [0.05, 0.1) is 5.56 Å². The van der Waals surface area contributed by atoms with Crippen molar-refractivity contribution in [3.8, 4) is 11.3 Å². The highest BCUT2D eigenvalue weighted by Gasteiger charge is 2.22. The van der Waals surface area contributed by atoms with Crippen molar-refractivity contribution < 1.29 is 13.4 Å². The molecule has 2 aromatic heterocycles. The van der Waals surface area contributed by atoms with Gasteiger partial charge in [0.2, 0.25) is 5.58 Å². The van der Waals surface area contributed by atoms with Crippen LogP contribution >= 0.6 is 0 Å². The van der Waals surface area contributed by atoms with E-state index in [1.807, 2.05) is 19.3 Å². The highest BCUT2D eigenvalue weighted by Crippen LogP contribution is 2.31. The van der Waals surface area contributed by atoms with E-state index in [2.05, 4.69) is 52.9 Å². The smallest absolute Gasteiger partial charge is 0.394 e. The van der Waals surface area contributed by atoms with Crippen LogP contribution in [0, 0.1) is 6.92 Å². The number of benzene rings is 2. The number of rotatable bonds is 1. The van der Waals surface area contributed by atoms with Gasteiger partial charge in [0.1, 0.15) is 7.05 Å². The number of aryl methyl sites for hydroxylation is 2. The largest absolute Gasteiger partial charge is 0.407 e. The van der Waals surface area contributed by atoms with Gasteiger partial charge in [-0.1, -0.05) is 30.3 Å². The summed E-state index contributed by atoms with van der Waals surface area (Å²) in [6.45, 7) is 2.14. The first-order valence-corrected chi connectivity index (χ1v) is 7.53. The van der Waals surface area contributed by atoms with Crippen LogP contribution in [-0.2, 0) is 7.05 Å². The van der Waals surface area contributed by atoms with Gasteiger partial charge in [-0.15, -0.1) is 0 Å². The minimum atomic E-state index is 0.283. The second kappa shape index (κ2) is 5.09. The first-order valence-electron chi connectivity index (χ1n) is 7.53. The third-order valence-electron chi connectivity index (χ3n) is 4.26. The minimum absolute atomic E-state index is 0.283. The maximum atomic E-state index is 5.80. The summed E-state index contributed by atoms with van der Waals surface area (Å²) in [5.74, 6) is 0.283. The Hall–Kier alpha value is -2.88. The Morgan fingerprint density at radius 3 is 2.65 bits per heavy atom. The Labute approximate surface area is 133 Å². The zero-order valence-electron chi connectivity index (χ0n) is 13.3. The average Bonchev–Trinajstić information content (AvgIpc) is 3.00. The molecule has 0 saturated carbocycles. The summed E-state index contributed by atoms with van der Waals surface area (Å²) >= 11 is 0. The number of hydrogen-bond acceptors (Lipinski definition) is 3. The molecule has 0 fully saturated rings. The van der Waals surface area contributed by atoms with E-state index in [9.17, 15) is 0 Å². The van der Waals surface area contributed by atoms with Crippen LogP contribution in [0.25, 0.3) is 33.2 Å². The van der Waals surface area contributed by atoms with Gasteiger partial charge in [0, 0.05) is 13.1 Å². The van der Waals surface area contributed by atoms with Crippen LogP contribution in [0.4, 0.5) is 0 Å². The lowest BCUT2D eigenvalue weighted by atomic mass is 9.97. The zero-order chi connectivity index (χ0) is 16.0. The second-order valence-corrected chi connectivity index (χ2v) is 5.62. The van der Waals surface area contributed by atoms with Crippen molar-refractivity contribution >= 4 is 21.9 Å². The van der Waals surface area contributed by atoms with Gasteiger partial charge in [-0.2, -0.15) is 4.57 Å². The van der Waals surface area contributed by atoms with Crippen molar-refractivity contribution in [1.29, 1.82) is 0 Å². The molecule has 2 aromatic carbocycles. The predicted molar refractivity (Wildman–Crippen MR) is 88.8 cm³/mol. The number of pyridine rings is 1. The topological polar surface area (TPSA) is 42.5 Å². The fourth-order valence-electron chi connectivity index (χ4n) is 3.07. The molecule has 0 saturated heterocycles. The zero-order valence-corrected chi connectivity index (χ0v) is 13.3. The fourth-order valence-corrected chi connectivity index (χ4v) is 3.07. The van der Waals surface area contributed by atoms with E-state index in [0.717, 1.165) is 11.3 Å². The Kier molecular flexibility index (Phi) is 3.05. The Morgan fingerprint density at radius 2 is 1.83 bits per heavy atom. The number of hydrogen-bond donors (Lipinski definition) is 0. The van der Waals surface area contributed by atoms with Crippen LogP contribution in [-0.4, -0.2) is 7.05 Å². The number of fused-ring (bicyclic) bond motifs is 2. The maximum Gasteiger partial charge on any atom is 0.394 e. The molecule has 0 amide bonds. The molecule has 23 heavy (non-hydrogen) atoms. The highest BCUT2D eigenvalue weighted by atomic mass is 16.5. The van der Waals surface area contributed by atoms with Crippen molar-refractivity contribution in [2.24, 2.45) is 12.0 Å². The molecule has 2 heterocycles. The van der Waals surface area contributed by atoms with Gasteiger partial charge < -0.3 is 8.83 Å². The molecule has 0 N–H and O–H groups in total. The third kappa shape index (κ3) is 2.06. The summed E-state index contributed by atoms with van der Waals surface area (Å²) in [5, 5.41) is 2.47. The van der Waals surface area contributed by atoms with Crippen LogP contribution in [0.1, 0.15) is 5.56 Å². The molecule has 4 aromatic rings. The minimum Gasteiger partial charge on any atom is -0.407 e.